The Hall–Kier alpha value is -1.93. The van der Waals surface area contributed by atoms with Crippen LogP contribution in [0.3, 0.4) is 0 Å². The van der Waals surface area contributed by atoms with E-state index in [2.05, 4.69) is 10.2 Å². The molecule has 148 valence electrons. The SMILES string of the molecule is CCC(=O)N(c1nnc(S[C@@H](C(=O)N2CCCC2)c2ccccc2)s1)C1CC1. The lowest BCUT2D eigenvalue weighted by molar-refractivity contribution is -0.129. The summed E-state index contributed by atoms with van der Waals surface area (Å²) in [6.07, 6.45) is 4.63. The molecule has 2 fully saturated rings. The maximum atomic E-state index is 13.2. The molecule has 2 aliphatic rings. The van der Waals surface area contributed by atoms with E-state index in [1.165, 1.54) is 23.1 Å². The second kappa shape index (κ2) is 8.61. The second-order valence-corrected chi connectivity index (χ2v) is 9.45. The molecule has 1 aromatic heterocycles. The van der Waals surface area contributed by atoms with Crippen LogP contribution in [-0.4, -0.2) is 46.0 Å². The van der Waals surface area contributed by atoms with Gasteiger partial charge in [0.1, 0.15) is 5.25 Å². The van der Waals surface area contributed by atoms with Crippen molar-refractivity contribution in [3.05, 3.63) is 35.9 Å². The van der Waals surface area contributed by atoms with E-state index in [0.717, 1.165) is 48.7 Å². The quantitative estimate of drug-likeness (QED) is 0.506. The molecule has 0 spiro atoms. The van der Waals surface area contributed by atoms with Crippen molar-refractivity contribution >= 4 is 40.0 Å². The lowest BCUT2D eigenvalue weighted by Crippen LogP contribution is -2.32. The average molecular weight is 417 g/mol. The van der Waals surface area contributed by atoms with Crippen LogP contribution < -0.4 is 4.90 Å². The number of thioether (sulfide) groups is 1. The van der Waals surface area contributed by atoms with Gasteiger partial charge in [-0.3, -0.25) is 14.5 Å². The van der Waals surface area contributed by atoms with Crippen LogP contribution in [0.25, 0.3) is 0 Å². The van der Waals surface area contributed by atoms with Gasteiger partial charge < -0.3 is 4.90 Å². The van der Waals surface area contributed by atoms with E-state index in [-0.39, 0.29) is 23.1 Å². The summed E-state index contributed by atoms with van der Waals surface area (Å²) in [5.74, 6) is 0.220. The summed E-state index contributed by atoms with van der Waals surface area (Å²) in [5, 5.41) is 8.90. The molecule has 0 unspecified atom stereocenters. The van der Waals surface area contributed by atoms with Gasteiger partial charge in [0.2, 0.25) is 16.9 Å². The molecule has 8 heteroatoms. The maximum Gasteiger partial charge on any atom is 0.240 e. The van der Waals surface area contributed by atoms with Gasteiger partial charge in [-0.2, -0.15) is 0 Å². The van der Waals surface area contributed by atoms with Gasteiger partial charge in [-0.1, -0.05) is 60.4 Å². The highest BCUT2D eigenvalue weighted by Gasteiger charge is 2.36. The smallest absolute Gasteiger partial charge is 0.240 e. The number of carbonyl (C=O) groups excluding carboxylic acids is 2. The van der Waals surface area contributed by atoms with Crippen LogP contribution in [0, 0.1) is 0 Å². The molecule has 6 nitrogen and oxygen atoms in total. The van der Waals surface area contributed by atoms with Gasteiger partial charge in [0, 0.05) is 25.6 Å². The zero-order valence-electron chi connectivity index (χ0n) is 15.9. The van der Waals surface area contributed by atoms with E-state index in [9.17, 15) is 9.59 Å². The number of aromatic nitrogens is 2. The van der Waals surface area contributed by atoms with Crippen molar-refractivity contribution in [1.82, 2.24) is 15.1 Å². The number of likely N-dealkylation sites (tertiary alicyclic amines) is 1. The highest BCUT2D eigenvalue weighted by Crippen LogP contribution is 2.42. The predicted octanol–water partition coefficient (Wildman–Crippen LogP) is 3.90. The minimum Gasteiger partial charge on any atom is -0.341 e. The Labute approximate surface area is 173 Å². The summed E-state index contributed by atoms with van der Waals surface area (Å²) in [6, 6.07) is 10.1. The highest BCUT2D eigenvalue weighted by molar-refractivity contribution is 8.01. The summed E-state index contributed by atoms with van der Waals surface area (Å²) in [4.78, 5) is 29.2. The van der Waals surface area contributed by atoms with E-state index < -0.39 is 0 Å². The summed E-state index contributed by atoms with van der Waals surface area (Å²) in [7, 11) is 0. The Balaban J connectivity index is 1.56. The van der Waals surface area contributed by atoms with E-state index in [1.807, 2.05) is 42.2 Å². The molecule has 0 radical (unpaired) electrons. The van der Waals surface area contributed by atoms with Crippen LogP contribution in [0.5, 0.6) is 0 Å². The lowest BCUT2D eigenvalue weighted by atomic mass is 10.1. The Morgan fingerprint density at radius 3 is 2.57 bits per heavy atom. The molecule has 0 bridgehead atoms. The van der Waals surface area contributed by atoms with Gasteiger partial charge in [0.05, 0.1) is 0 Å². The van der Waals surface area contributed by atoms with Crippen molar-refractivity contribution in [3.8, 4) is 0 Å². The van der Waals surface area contributed by atoms with E-state index >= 15 is 0 Å². The number of hydrogen-bond acceptors (Lipinski definition) is 6. The number of benzene rings is 1. The topological polar surface area (TPSA) is 66.4 Å². The fourth-order valence-corrected chi connectivity index (χ4v) is 5.62. The van der Waals surface area contributed by atoms with Crippen LogP contribution in [0.15, 0.2) is 34.7 Å². The standard InChI is InChI=1S/C20H24N4O2S2/c1-2-16(25)24(15-10-11-15)19-21-22-20(28-19)27-17(14-8-4-3-5-9-14)18(26)23-12-6-7-13-23/h3-5,8-9,15,17H,2,6-7,10-13H2,1H3/t17-/m1/s1. The predicted molar refractivity (Wildman–Crippen MR) is 112 cm³/mol. The maximum absolute atomic E-state index is 13.2. The monoisotopic (exact) mass is 416 g/mol. The lowest BCUT2D eigenvalue weighted by Gasteiger charge is -2.22. The molecule has 2 aromatic rings. The number of rotatable bonds is 7. The van der Waals surface area contributed by atoms with Gasteiger partial charge in [0.15, 0.2) is 4.34 Å². The van der Waals surface area contributed by atoms with Crippen molar-refractivity contribution < 1.29 is 9.59 Å². The Morgan fingerprint density at radius 1 is 1.21 bits per heavy atom. The van der Waals surface area contributed by atoms with Crippen LogP contribution in [0.4, 0.5) is 5.13 Å². The summed E-state index contributed by atoms with van der Waals surface area (Å²) < 4.78 is 0.728. The third-order valence-corrected chi connectivity index (χ3v) is 7.30. The molecule has 1 aliphatic carbocycles. The van der Waals surface area contributed by atoms with Crippen molar-refractivity contribution in [1.29, 1.82) is 0 Å². The molecule has 1 atom stereocenters. The Kier molecular flexibility index (Phi) is 5.96. The molecule has 1 saturated heterocycles. The number of hydrogen-bond donors (Lipinski definition) is 0. The molecule has 1 saturated carbocycles. The third kappa shape index (κ3) is 4.22. The Bertz CT molecular complexity index is 832. The van der Waals surface area contributed by atoms with Crippen molar-refractivity contribution in [2.45, 2.75) is 54.7 Å². The van der Waals surface area contributed by atoms with E-state index in [4.69, 9.17) is 0 Å². The first-order valence-corrected chi connectivity index (χ1v) is 11.5. The number of amides is 2. The van der Waals surface area contributed by atoms with E-state index in [1.54, 1.807) is 4.90 Å². The van der Waals surface area contributed by atoms with Crippen LogP contribution >= 0.6 is 23.1 Å². The summed E-state index contributed by atoms with van der Waals surface area (Å²) in [5.41, 5.74) is 0.977. The molecular formula is C20H24N4O2S2. The zero-order chi connectivity index (χ0) is 19.5. The van der Waals surface area contributed by atoms with Gasteiger partial charge in [-0.05, 0) is 31.2 Å². The van der Waals surface area contributed by atoms with Crippen LogP contribution in [-0.2, 0) is 9.59 Å². The molecule has 28 heavy (non-hydrogen) atoms. The fraction of sp³-hybridized carbons (Fsp3) is 0.500. The van der Waals surface area contributed by atoms with Gasteiger partial charge in [0.25, 0.3) is 0 Å². The summed E-state index contributed by atoms with van der Waals surface area (Å²) >= 11 is 2.85. The molecule has 0 N–H and O–H groups in total. The van der Waals surface area contributed by atoms with Crippen molar-refractivity contribution in [2.75, 3.05) is 18.0 Å². The zero-order valence-corrected chi connectivity index (χ0v) is 17.5. The molecule has 2 heterocycles. The van der Waals surface area contributed by atoms with Crippen LogP contribution in [0.1, 0.15) is 49.8 Å². The number of nitrogens with zero attached hydrogens (tertiary/aromatic N) is 4. The van der Waals surface area contributed by atoms with Crippen LogP contribution in [0.2, 0.25) is 0 Å². The molecule has 4 rings (SSSR count). The molecule has 1 aliphatic heterocycles. The minimum absolute atomic E-state index is 0.0861. The molecular weight excluding hydrogens is 392 g/mol. The van der Waals surface area contributed by atoms with Crippen molar-refractivity contribution in [3.63, 3.8) is 0 Å². The molecule has 1 aromatic carbocycles. The number of carbonyl (C=O) groups is 2. The summed E-state index contributed by atoms with van der Waals surface area (Å²) in [6.45, 7) is 3.52. The van der Waals surface area contributed by atoms with Gasteiger partial charge in [-0.15, -0.1) is 10.2 Å². The fourth-order valence-electron chi connectivity index (χ4n) is 3.41. The first kappa shape index (κ1) is 19.4. The first-order chi connectivity index (χ1) is 13.7. The average Bonchev–Trinajstić information content (AvgIpc) is 3.20. The van der Waals surface area contributed by atoms with Crippen molar-refractivity contribution in [2.24, 2.45) is 0 Å². The number of anilines is 1. The van der Waals surface area contributed by atoms with E-state index in [0.29, 0.717) is 11.6 Å². The van der Waals surface area contributed by atoms with Gasteiger partial charge >= 0.3 is 0 Å². The van der Waals surface area contributed by atoms with Gasteiger partial charge in [-0.25, -0.2) is 0 Å². The third-order valence-electron chi connectivity index (χ3n) is 5.05. The largest absolute Gasteiger partial charge is 0.341 e. The Morgan fingerprint density at radius 2 is 1.93 bits per heavy atom. The normalized spacial score (nSPS) is 17.5. The minimum atomic E-state index is -0.337. The highest BCUT2D eigenvalue weighted by atomic mass is 32.2. The second-order valence-electron chi connectivity index (χ2n) is 7.14. The molecule has 2 amide bonds. The first-order valence-electron chi connectivity index (χ1n) is 9.83.